The summed E-state index contributed by atoms with van der Waals surface area (Å²) in [4.78, 5) is 6.61. The Morgan fingerprint density at radius 3 is 2.92 bits per heavy atom. The van der Waals surface area contributed by atoms with E-state index in [4.69, 9.17) is 9.47 Å². The second-order valence-corrected chi connectivity index (χ2v) is 7.06. The average Bonchev–Trinajstić information content (AvgIpc) is 3.24. The lowest BCUT2D eigenvalue weighted by molar-refractivity contribution is 0.0922. The summed E-state index contributed by atoms with van der Waals surface area (Å²) >= 11 is 0. The first-order chi connectivity index (χ1) is 12.8. The van der Waals surface area contributed by atoms with Crippen molar-refractivity contribution in [1.29, 1.82) is 5.26 Å². The highest BCUT2D eigenvalue weighted by molar-refractivity contribution is 5.37. The third kappa shape index (κ3) is 3.72. The monoisotopic (exact) mass is 349 g/mol. The standard InChI is InChI=1S/C21H23N3O2/c22-11-16-5-1-2-6-17(16)12-24-13-19-18(15-26-20(19)14-24)8-10-25-21-7-3-4-9-23-21/h1-7,9,18-20H,8,10,12-15H2/t18-,19-,20-/m0/s1. The first kappa shape index (κ1) is 17.0. The van der Waals surface area contributed by atoms with Crippen molar-refractivity contribution in [2.75, 3.05) is 26.3 Å². The van der Waals surface area contributed by atoms with E-state index in [0.29, 0.717) is 30.4 Å². The van der Waals surface area contributed by atoms with Crippen LogP contribution in [0.1, 0.15) is 17.5 Å². The molecular formula is C21H23N3O2. The number of ether oxygens (including phenoxy) is 2. The smallest absolute Gasteiger partial charge is 0.213 e. The van der Waals surface area contributed by atoms with Crippen molar-refractivity contribution in [3.63, 3.8) is 0 Å². The van der Waals surface area contributed by atoms with Gasteiger partial charge in [-0.25, -0.2) is 4.98 Å². The number of pyridine rings is 1. The number of fused-ring (bicyclic) bond motifs is 1. The molecule has 0 spiro atoms. The molecule has 0 N–H and O–H groups in total. The molecule has 0 unspecified atom stereocenters. The number of hydrogen-bond donors (Lipinski definition) is 0. The number of aromatic nitrogens is 1. The number of rotatable bonds is 6. The molecule has 2 aliphatic heterocycles. The fourth-order valence-electron chi connectivity index (χ4n) is 4.06. The van der Waals surface area contributed by atoms with Gasteiger partial charge in [-0.15, -0.1) is 0 Å². The molecule has 2 fully saturated rings. The molecule has 0 bridgehead atoms. The maximum absolute atomic E-state index is 9.27. The van der Waals surface area contributed by atoms with Gasteiger partial charge in [0.25, 0.3) is 0 Å². The largest absolute Gasteiger partial charge is 0.478 e. The van der Waals surface area contributed by atoms with Gasteiger partial charge in [-0.3, -0.25) is 4.90 Å². The summed E-state index contributed by atoms with van der Waals surface area (Å²) < 4.78 is 11.8. The lowest BCUT2D eigenvalue weighted by Gasteiger charge is -2.20. The fraction of sp³-hybridized carbons (Fsp3) is 0.429. The average molecular weight is 349 g/mol. The van der Waals surface area contributed by atoms with Crippen molar-refractivity contribution in [2.24, 2.45) is 11.8 Å². The van der Waals surface area contributed by atoms with E-state index in [9.17, 15) is 5.26 Å². The topological polar surface area (TPSA) is 58.4 Å². The molecule has 134 valence electrons. The molecule has 0 aliphatic carbocycles. The first-order valence-electron chi connectivity index (χ1n) is 9.19. The summed E-state index contributed by atoms with van der Waals surface area (Å²) in [5, 5.41) is 9.27. The third-order valence-electron chi connectivity index (χ3n) is 5.42. The molecule has 2 aromatic rings. The van der Waals surface area contributed by atoms with E-state index in [-0.39, 0.29) is 0 Å². The van der Waals surface area contributed by atoms with E-state index in [1.807, 2.05) is 42.5 Å². The van der Waals surface area contributed by atoms with Crippen LogP contribution in [0.3, 0.4) is 0 Å². The van der Waals surface area contributed by atoms with Gasteiger partial charge in [0.15, 0.2) is 0 Å². The van der Waals surface area contributed by atoms with Gasteiger partial charge in [-0.05, 0) is 30.0 Å². The van der Waals surface area contributed by atoms with Crippen LogP contribution in [0, 0.1) is 23.2 Å². The maximum Gasteiger partial charge on any atom is 0.213 e. The Labute approximate surface area is 154 Å². The minimum atomic E-state index is 0.309. The third-order valence-corrected chi connectivity index (χ3v) is 5.42. The Morgan fingerprint density at radius 2 is 2.08 bits per heavy atom. The van der Waals surface area contributed by atoms with E-state index in [1.165, 1.54) is 0 Å². The lowest BCUT2D eigenvalue weighted by atomic mass is 9.91. The van der Waals surface area contributed by atoms with Gasteiger partial charge in [-0.1, -0.05) is 24.3 Å². The van der Waals surface area contributed by atoms with Crippen molar-refractivity contribution in [2.45, 2.75) is 19.1 Å². The van der Waals surface area contributed by atoms with Crippen LogP contribution >= 0.6 is 0 Å². The summed E-state index contributed by atoms with van der Waals surface area (Å²) in [5.41, 5.74) is 1.87. The zero-order valence-electron chi connectivity index (χ0n) is 14.8. The molecular weight excluding hydrogens is 326 g/mol. The zero-order valence-corrected chi connectivity index (χ0v) is 14.8. The molecule has 0 amide bonds. The van der Waals surface area contributed by atoms with Gasteiger partial charge in [-0.2, -0.15) is 5.26 Å². The molecule has 3 atom stereocenters. The van der Waals surface area contributed by atoms with Crippen molar-refractivity contribution >= 4 is 0 Å². The van der Waals surface area contributed by atoms with Crippen molar-refractivity contribution in [3.8, 4) is 11.9 Å². The second-order valence-electron chi connectivity index (χ2n) is 7.06. The molecule has 4 rings (SSSR count). The summed E-state index contributed by atoms with van der Waals surface area (Å²) in [5.74, 6) is 1.76. The highest BCUT2D eigenvalue weighted by atomic mass is 16.5. The van der Waals surface area contributed by atoms with Crippen LogP contribution in [0.25, 0.3) is 0 Å². The Bertz CT molecular complexity index is 774. The number of likely N-dealkylation sites (tertiary alicyclic amines) is 1. The van der Waals surface area contributed by atoms with E-state index in [0.717, 1.165) is 43.8 Å². The van der Waals surface area contributed by atoms with Gasteiger partial charge in [0.05, 0.1) is 31.0 Å². The predicted octanol–water partition coefficient (Wildman–Crippen LogP) is 2.87. The highest BCUT2D eigenvalue weighted by Gasteiger charge is 2.43. The van der Waals surface area contributed by atoms with Gasteiger partial charge < -0.3 is 9.47 Å². The van der Waals surface area contributed by atoms with Gasteiger partial charge in [0, 0.05) is 37.8 Å². The van der Waals surface area contributed by atoms with E-state index in [2.05, 4.69) is 16.0 Å². The quantitative estimate of drug-likeness (QED) is 0.803. The molecule has 5 nitrogen and oxygen atoms in total. The fourth-order valence-corrected chi connectivity index (χ4v) is 4.06. The normalized spacial score (nSPS) is 25.0. The van der Waals surface area contributed by atoms with Crippen LogP contribution in [-0.4, -0.2) is 42.3 Å². The van der Waals surface area contributed by atoms with Gasteiger partial charge >= 0.3 is 0 Å². The summed E-state index contributed by atoms with van der Waals surface area (Å²) in [7, 11) is 0. The minimum Gasteiger partial charge on any atom is -0.478 e. The molecule has 1 aromatic carbocycles. The first-order valence-corrected chi connectivity index (χ1v) is 9.19. The predicted molar refractivity (Wildman–Crippen MR) is 97.5 cm³/mol. The van der Waals surface area contributed by atoms with Crippen LogP contribution in [0.15, 0.2) is 48.7 Å². The maximum atomic E-state index is 9.27. The number of hydrogen-bond acceptors (Lipinski definition) is 5. The summed E-state index contributed by atoms with van der Waals surface area (Å²) in [6, 6.07) is 15.9. The highest BCUT2D eigenvalue weighted by Crippen LogP contribution is 2.36. The van der Waals surface area contributed by atoms with E-state index < -0.39 is 0 Å². The van der Waals surface area contributed by atoms with Gasteiger partial charge in [0.2, 0.25) is 5.88 Å². The number of nitriles is 1. The molecule has 1 aromatic heterocycles. The molecule has 5 heteroatoms. The van der Waals surface area contributed by atoms with Crippen molar-refractivity contribution < 1.29 is 9.47 Å². The second kappa shape index (κ2) is 7.86. The van der Waals surface area contributed by atoms with E-state index >= 15 is 0 Å². The molecule has 26 heavy (non-hydrogen) atoms. The van der Waals surface area contributed by atoms with Crippen molar-refractivity contribution in [1.82, 2.24) is 9.88 Å². The molecule has 0 radical (unpaired) electrons. The Kier molecular flexibility index (Phi) is 5.14. The lowest BCUT2D eigenvalue weighted by Crippen LogP contribution is -2.25. The molecule has 2 aliphatic rings. The Hall–Kier alpha value is -2.42. The van der Waals surface area contributed by atoms with Crippen LogP contribution in [0.5, 0.6) is 5.88 Å². The van der Waals surface area contributed by atoms with Crippen molar-refractivity contribution in [3.05, 3.63) is 59.8 Å². The van der Waals surface area contributed by atoms with Crippen LogP contribution in [0.4, 0.5) is 0 Å². The van der Waals surface area contributed by atoms with Crippen LogP contribution in [0.2, 0.25) is 0 Å². The zero-order chi connectivity index (χ0) is 17.8. The number of nitrogens with zero attached hydrogens (tertiary/aromatic N) is 3. The summed E-state index contributed by atoms with van der Waals surface area (Å²) in [6.45, 7) is 4.28. The molecule has 2 saturated heterocycles. The SMILES string of the molecule is N#Cc1ccccc1CN1C[C@H]2[C@@H](CCOc3ccccn3)CO[C@H]2C1. The van der Waals surface area contributed by atoms with Crippen LogP contribution < -0.4 is 4.74 Å². The minimum absolute atomic E-state index is 0.309. The Balaban J connectivity index is 1.30. The van der Waals surface area contributed by atoms with Crippen LogP contribution in [-0.2, 0) is 11.3 Å². The molecule has 3 heterocycles. The number of benzene rings is 1. The summed E-state index contributed by atoms with van der Waals surface area (Å²) in [6.07, 6.45) is 3.04. The molecule has 0 saturated carbocycles. The van der Waals surface area contributed by atoms with E-state index in [1.54, 1.807) is 6.20 Å². The van der Waals surface area contributed by atoms with Gasteiger partial charge in [0.1, 0.15) is 0 Å². The Morgan fingerprint density at radius 1 is 1.19 bits per heavy atom.